The fourth-order valence-electron chi connectivity index (χ4n) is 2.66. The summed E-state index contributed by atoms with van der Waals surface area (Å²) < 4.78 is 0. The molecule has 0 unspecified atom stereocenters. The third kappa shape index (κ3) is 4.56. The van der Waals surface area contributed by atoms with E-state index in [0.29, 0.717) is 25.3 Å². The predicted octanol–water partition coefficient (Wildman–Crippen LogP) is 3.60. The van der Waals surface area contributed by atoms with Crippen molar-refractivity contribution in [3.63, 3.8) is 0 Å². The van der Waals surface area contributed by atoms with Crippen LogP contribution in [0.25, 0.3) is 0 Å². The molecule has 3 heterocycles. The van der Waals surface area contributed by atoms with Crippen molar-refractivity contribution >= 4 is 34.4 Å². The molecule has 0 atom stereocenters. The third-order valence-corrected chi connectivity index (χ3v) is 5.89. The molecule has 0 amide bonds. The number of carboxylic acid groups (broad SMARTS) is 1. The van der Waals surface area contributed by atoms with Crippen LogP contribution in [-0.2, 0) is 9.63 Å². The number of thiophene rings is 2. The van der Waals surface area contributed by atoms with Crippen LogP contribution >= 0.6 is 22.7 Å². The van der Waals surface area contributed by atoms with Crippen LogP contribution in [0.4, 0.5) is 0 Å². The number of hydrogen-bond donors (Lipinski definition) is 1. The highest BCUT2D eigenvalue weighted by atomic mass is 32.1. The molecular formula is C18H20N2O3S2. The van der Waals surface area contributed by atoms with Gasteiger partial charge in [0.1, 0.15) is 12.3 Å². The van der Waals surface area contributed by atoms with E-state index in [1.165, 1.54) is 5.56 Å². The molecule has 0 aliphatic carbocycles. The van der Waals surface area contributed by atoms with Gasteiger partial charge in [0.05, 0.1) is 9.75 Å². The topological polar surface area (TPSA) is 62.1 Å². The summed E-state index contributed by atoms with van der Waals surface area (Å²) in [6, 6.07) is 6.13. The number of aliphatic carboxylic acids is 1. The maximum atomic E-state index is 11.1. The van der Waals surface area contributed by atoms with E-state index in [0.717, 1.165) is 28.4 Å². The summed E-state index contributed by atoms with van der Waals surface area (Å²) in [5.41, 5.74) is 2.52. The molecule has 0 bridgehead atoms. The summed E-state index contributed by atoms with van der Waals surface area (Å²) in [6.45, 7) is 4.49. The Morgan fingerprint density at radius 3 is 2.92 bits per heavy atom. The monoisotopic (exact) mass is 376 g/mol. The lowest BCUT2D eigenvalue weighted by molar-refractivity contribution is -0.133. The summed E-state index contributed by atoms with van der Waals surface area (Å²) in [6.07, 6.45) is 2.56. The van der Waals surface area contributed by atoms with Crippen LogP contribution in [0.1, 0.15) is 21.7 Å². The minimum absolute atomic E-state index is 0.437. The molecule has 0 radical (unpaired) electrons. The van der Waals surface area contributed by atoms with Crippen LogP contribution in [-0.4, -0.2) is 47.9 Å². The zero-order chi connectivity index (χ0) is 17.6. The molecule has 1 aliphatic rings. The second-order valence-corrected chi connectivity index (χ2v) is 7.65. The molecular weight excluding hydrogens is 356 g/mol. The van der Waals surface area contributed by atoms with E-state index in [4.69, 9.17) is 9.94 Å². The average Bonchev–Trinajstić information content (AvgIpc) is 3.27. The Hall–Kier alpha value is -1.96. The highest BCUT2D eigenvalue weighted by Gasteiger charge is 2.17. The number of carboxylic acids is 1. The number of aryl methyl sites for hydroxylation is 1. The van der Waals surface area contributed by atoms with E-state index in [9.17, 15) is 4.79 Å². The molecule has 5 nitrogen and oxygen atoms in total. The van der Waals surface area contributed by atoms with Gasteiger partial charge in [-0.15, -0.1) is 22.7 Å². The van der Waals surface area contributed by atoms with Crippen molar-refractivity contribution in [2.45, 2.75) is 13.3 Å². The Morgan fingerprint density at radius 2 is 2.24 bits per heavy atom. The molecule has 0 saturated heterocycles. The first-order valence-electron chi connectivity index (χ1n) is 8.08. The van der Waals surface area contributed by atoms with Crippen molar-refractivity contribution in [3.05, 3.63) is 55.9 Å². The summed E-state index contributed by atoms with van der Waals surface area (Å²) in [5, 5.41) is 17.6. The lowest BCUT2D eigenvalue weighted by atomic mass is 10.1. The zero-order valence-corrected chi connectivity index (χ0v) is 15.6. The molecule has 132 valence electrons. The average molecular weight is 377 g/mol. The van der Waals surface area contributed by atoms with E-state index in [2.05, 4.69) is 28.4 Å². The third-order valence-electron chi connectivity index (χ3n) is 3.99. The molecule has 0 spiro atoms. The number of hydrogen-bond acceptors (Lipinski definition) is 6. The van der Waals surface area contributed by atoms with Crippen molar-refractivity contribution < 1.29 is 14.7 Å². The Morgan fingerprint density at radius 1 is 1.36 bits per heavy atom. The SMILES string of the molecule is Cc1ccsc1/C(=N\OCCN1CCC=C(C(=O)O)C1)c1cccs1. The van der Waals surface area contributed by atoms with Gasteiger partial charge in [0, 0.05) is 25.2 Å². The number of nitrogens with zero attached hydrogens (tertiary/aromatic N) is 2. The van der Waals surface area contributed by atoms with Crippen LogP contribution in [0.2, 0.25) is 0 Å². The largest absolute Gasteiger partial charge is 0.478 e. The number of rotatable bonds is 7. The van der Waals surface area contributed by atoms with Gasteiger partial charge in [-0.3, -0.25) is 4.90 Å². The standard InChI is InChI=1S/C18H20N2O3S2/c1-13-6-11-25-17(13)16(15-5-3-10-24-15)19-23-9-8-20-7-2-4-14(12-20)18(21)22/h3-6,10-11H,2,7-9,12H2,1H3,(H,21,22)/b19-16-. The van der Waals surface area contributed by atoms with Crippen LogP contribution in [0.3, 0.4) is 0 Å². The van der Waals surface area contributed by atoms with Gasteiger partial charge in [-0.2, -0.15) is 0 Å². The molecule has 25 heavy (non-hydrogen) atoms. The van der Waals surface area contributed by atoms with E-state index in [-0.39, 0.29) is 0 Å². The van der Waals surface area contributed by atoms with Crippen molar-refractivity contribution in [3.8, 4) is 0 Å². The number of carbonyl (C=O) groups is 1. The lowest BCUT2D eigenvalue weighted by Gasteiger charge is -2.24. The Balaban J connectivity index is 1.61. The quantitative estimate of drug-likeness (QED) is 0.456. The lowest BCUT2D eigenvalue weighted by Crippen LogP contribution is -2.34. The minimum Gasteiger partial charge on any atom is -0.478 e. The van der Waals surface area contributed by atoms with Crippen molar-refractivity contribution in [1.29, 1.82) is 0 Å². The first-order chi connectivity index (χ1) is 12.1. The normalized spacial score (nSPS) is 15.9. The van der Waals surface area contributed by atoms with Gasteiger partial charge in [0.2, 0.25) is 0 Å². The summed E-state index contributed by atoms with van der Waals surface area (Å²) in [5.74, 6) is -0.836. The van der Waals surface area contributed by atoms with Gasteiger partial charge in [-0.1, -0.05) is 17.3 Å². The second kappa shape index (κ2) is 8.42. The molecule has 2 aromatic heterocycles. The molecule has 7 heteroatoms. The van der Waals surface area contributed by atoms with Crippen LogP contribution in [0, 0.1) is 6.92 Å². The predicted molar refractivity (Wildman–Crippen MR) is 102 cm³/mol. The van der Waals surface area contributed by atoms with E-state index in [1.807, 2.05) is 17.5 Å². The Labute approximate surface area is 154 Å². The fourth-order valence-corrected chi connectivity index (χ4v) is 4.36. The fraction of sp³-hybridized carbons (Fsp3) is 0.333. The van der Waals surface area contributed by atoms with E-state index in [1.54, 1.807) is 28.7 Å². The summed E-state index contributed by atoms with van der Waals surface area (Å²) in [4.78, 5) is 20.9. The van der Waals surface area contributed by atoms with Crippen molar-refractivity contribution in [2.75, 3.05) is 26.2 Å². The van der Waals surface area contributed by atoms with Crippen LogP contribution < -0.4 is 0 Å². The maximum Gasteiger partial charge on any atom is 0.332 e. The van der Waals surface area contributed by atoms with Gasteiger partial charge in [0.25, 0.3) is 0 Å². The van der Waals surface area contributed by atoms with Gasteiger partial charge in [-0.05, 0) is 41.8 Å². The summed E-state index contributed by atoms with van der Waals surface area (Å²) >= 11 is 3.30. The molecule has 3 rings (SSSR count). The van der Waals surface area contributed by atoms with Gasteiger partial charge in [0.15, 0.2) is 0 Å². The molecule has 1 N–H and O–H groups in total. The number of oxime groups is 1. The molecule has 1 aliphatic heterocycles. The molecule has 0 aromatic carbocycles. The van der Waals surface area contributed by atoms with Crippen LogP contribution in [0.5, 0.6) is 0 Å². The summed E-state index contributed by atoms with van der Waals surface area (Å²) in [7, 11) is 0. The van der Waals surface area contributed by atoms with Crippen molar-refractivity contribution in [2.24, 2.45) is 5.16 Å². The van der Waals surface area contributed by atoms with Gasteiger partial charge in [-0.25, -0.2) is 4.79 Å². The zero-order valence-electron chi connectivity index (χ0n) is 14.0. The highest BCUT2D eigenvalue weighted by molar-refractivity contribution is 7.16. The van der Waals surface area contributed by atoms with E-state index >= 15 is 0 Å². The molecule has 0 fully saturated rings. The molecule has 0 saturated carbocycles. The van der Waals surface area contributed by atoms with Gasteiger partial charge >= 0.3 is 5.97 Å². The van der Waals surface area contributed by atoms with E-state index < -0.39 is 5.97 Å². The smallest absolute Gasteiger partial charge is 0.332 e. The first-order valence-corrected chi connectivity index (χ1v) is 9.84. The van der Waals surface area contributed by atoms with Crippen molar-refractivity contribution in [1.82, 2.24) is 4.90 Å². The van der Waals surface area contributed by atoms with Gasteiger partial charge < -0.3 is 9.94 Å². The second-order valence-electron chi connectivity index (χ2n) is 5.78. The Kier molecular flexibility index (Phi) is 6.01. The maximum absolute atomic E-state index is 11.1. The minimum atomic E-state index is -0.836. The molecule has 2 aromatic rings. The highest BCUT2D eigenvalue weighted by Crippen LogP contribution is 2.23. The first kappa shape index (κ1) is 17.8. The van der Waals surface area contributed by atoms with Crippen LogP contribution in [0.15, 0.2) is 45.8 Å². The Bertz CT molecular complexity index is 778.